The van der Waals surface area contributed by atoms with Crippen molar-refractivity contribution in [3.63, 3.8) is 0 Å². The summed E-state index contributed by atoms with van der Waals surface area (Å²) < 4.78 is 5.91. The summed E-state index contributed by atoms with van der Waals surface area (Å²) in [6, 6.07) is 3.96. The summed E-state index contributed by atoms with van der Waals surface area (Å²) in [5.41, 5.74) is 0.974. The normalized spacial score (nSPS) is 18.7. The molecule has 100 valence electrons. The van der Waals surface area contributed by atoms with Crippen LogP contribution in [-0.2, 0) is 6.54 Å². The molecule has 0 saturated carbocycles. The molecule has 2 rings (SSSR count). The Kier molecular flexibility index (Phi) is 5.08. The third-order valence-corrected chi connectivity index (χ3v) is 3.23. The Balaban J connectivity index is 2.04. The highest BCUT2D eigenvalue weighted by atomic mass is 35.5. The van der Waals surface area contributed by atoms with Crippen LogP contribution in [0.5, 0.6) is 5.75 Å². The van der Waals surface area contributed by atoms with E-state index in [1.165, 1.54) is 0 Å². The maximum atomic E-state index is 5.91. The summed E-state index contributed by atoms with van der Waals surface area (Å²) in [6.45, 7) is 4.62. The van der Waals surface area contributed by atoms with Crippen molar-refractivity contribution in [2.24, 2.45) is 0 Å². The lowest BCUT2D eigenvalue weighted by Crippen LogP contribution is -2.27. The summed E-state index contributed by atoms with van der Waals surface area (Å²) in [6.07, 6.45) is 2.18. The van der Waals surface area contributed by atoms with Crippen LogP contribution in [0.1, 0.15) is 25.5 Å². The van der Waals surface area contributed by atoms with Crippen LogP contribution in [0.4, 0.5) is 5.82 Å². The molecular weight excluding hydrogens is 250 g/mol. The van der Waals surface area contributed by atoms with E-state index < -0.39 is 0 Å². The van der Waals surface area contributed by atoms with Gasteiger partial charge in [-0.15, -0.1) is 11.6 Å². The number of nitrogens with one attached hydrogen (secondary N) is 2. The molecule has 1 aromatic heterocycles. The van der Waals surface area contributed by atoms with Crippen molar-refractivity contribution in [1.29, 1.82) is 0 Å². The Labute approximate surface area is 113 Å². The summed E-state index contributed by atoms with van der Waals surface area (Å²) in [5, 5.41) is 6.62. The summed E-state index contributed by atoms with van der Waals surface area (Å²) in [5.74, 6) is 2.45. The molecule has 1 atom stereocenters. The fraction of sp³-hybridized carbons (Fsp3) is 0.615. The van der Waals surface area contributed by atoms with E-state index >= 15 is 0 Å². The molecule has 0 aromatic carbocycles. The second-order valence-electron chi connectivity index (χ2n) is 4.39. The largest absolute Gasteiger partial charge is 0.487 e. The van der Waals surface area contributed by atoms with Gasteiger partial charge in [-0.3, -0.25) is 0 Å². The first kappa shape index (κ1) is 13.4. The first-order valence-corrected chi connectivity index (χ1v) is 7.04. The predicted molar refractivity (Wildman–Crippen MR) is 74.5 cm³/mol. The van der Waals surface area contributed by atoms with Gasteiger partial charge in [0.1, 0.15) is 17.7 Å². The second kappa shape index (κ2) is 6.81. The van der Waals surface area contributed by atoms with Crippen LogP contribution < -0.4 is 15.4 Å². The molecule has 1 aliphatic heterocycles. The molecule has 18 heavy (non-hydrogen) atoms. The second-order valence-corrected chi connectivity index (χ2v) is 4.77. The standard InChI is InChI=1S/C13H20ClN3O/c1-2-10-8-15-9-11-12(18-10)4-5-13(17-11)16-7-3-6-14/h4-5,10,15H,2-3,6-9H2,1H3,(H,16,17)/t10-/m1/s1. The zero-order valence-corrected chi connectivity index (χ0v) is 11.5. The average Bonchev–Trinajstić information content (AvgIpc) is 2.60. The molecule has 0 amide bonds. The zero-order chi connectivity index (χ0) is 12.8. The average molecular weight is 270 g/mol. The molecule has 1 aromatic rings. The predicted octanol–water partition coefficient (Wildman–Crippen LogP) is 2.38. The number of fused-ring (bicyclic) bond motifs is 1. The quantitative estimate of drug-likeness (QED) is 0.636. The maximum Gasteiger partial charge on any atom is 0.142 e. The Bertz CT molecular complexity index is 386. The zero-order valence-electron chi connectivity index (χ0n) is 10.7. The monoisotopic (exact) mass is 269 g/mol. The Hall–Kier alpha value is -1.00. The first-order valence-electron chi connectivity index (χ1n) is 6.50. The molecule has 0 aliphatic carbocycles. The van der Waals surface area contributed by atoms with E-state index in [0.717, 1.165) is 49.7 Å². The minimum absolute atomic E-state index is 0.239. The SMILES string of the molecule is CC[C@@H]1CNCc2nc(NCCCCl)ccc2O1. The van der Waals surface area contributed by atoms with Crippen LogP contribution in [0.15, 0.2) is 12.1 Å². The summed E-state index contributed by atoms with van der Waals surface area (Å²) >= 11 is 5.65. The molecule has 2 N–H and O–H groups in total. The van der Waals surface area contributed by atoms with Gasteiger partial charge in [0.05, 0.1) is 5.69 Å². The van der Waals surface area contributed by atoms with Gasteiger partial charge in [0.25, 0.3) is 0 Å². The number of hydrogen-bond acceptors (Lipinski definition) is 4. The van der Waals surface area contributed by atoms with E-state index in [-0.39, 0.29) is 6.10 Å². The molecule has 0 bridgehead atoms. The maximum absolute atomic E-state index is 5.91. The summed E-state index contributed by atoms with van der Waals surface area (Å²) in [7, 11) is 0. The molecule has 0 radical (unpaired) electrons. The molecule has 1 aliphatic rings. The molecule has 4 nitrogen and oxygen atoms in total. The number of hydrogen-bond donors (Lipinski definition) is 2. The molecule has 2 heterocycles. The third-order valence-electron chi connectivity index (χ3n) is 2.96. The van der Waals surface area contributed by atoms with Crippen LogP contribution in [0, 0.1) is 0 Å². The van der Waals surface area contributed by atoms with Crippen LogP contribution in [0.25, 0.3) is 0 Å². The van der Waals surface area contributed by atoms with Gasteiger partial charge in [0.2, 0.25) is 0 Å². The Morgan fingerprint density at radius 3 is 3.22 bits per heavy atom. The first-order chi connectivity index (χ1) is 8.83. The van der Waals surface area contributed by atoms with Crippen molar-refractivity contribution in [3.8, 4) is 5.75 Å². The van der Waals surface area contributed by atoms with Gasteiger partial charge in [-0.05, 0) is 25.0 Å². The van der Waals surface area contributed by atoms with Crippen LogP contribution in [-0.4, -0.2) is 30.1 Å². The highest BCUT2D eigenvalue weighted by Crippen LogP contribution is 2.23. The van der Waals surface area contributed by atoms with Gasteiger partial charge in [-0.2, -0.15) is 0 Å². The molecular formula is C13H20ClN3O. The van der Waals surface area contributed by atoms with E-state index in [4.69, 9.17) is 16.3 Å². The lowest BCUT2D eigenvalue weighted by atomic mass is 10.3. The molecule has 0 saturated heterocycles. The number of pyridine rings is 1. The topological polar surface area (TPSA) is 46.2 Å². The number of aromatic nitrogens is 1. The van der Waals surface area contributed by atoms with Gasteiger partial charge in [-0.25, -0.2) is 4.98 Å². The van der Waals surface area contributed by atoms with Crippen molar-refractivity contribution in [2.45, 2.75) is 32.4 Å². The number of alkyl halides is 1. The van der Waals surface area contributed by atoms with E-state index in [0.29, 0.717) is 5.88 Å². The number of nitrogens with zero attached hydrogens (tertiary/aromatic N) is 1. The van der Waals surface area contributed by atoms with Crippen molar-refractivity contribution >= 4 is 17.4 Å². The number of halogens is 1. The van der Waals surface area contributed by atoms with Crippen LogP contribution in [0.2, 0.25) is 0 Å². The fourth-order valence-electron chi connectivity index (χ4n) is 1.90. The molecule has 0 fully saturated rings. The van der Waals surface area contributed by atoms with Gasteiger partial charge < -0.3 is 15.4 Å². The molecule has 0 spiro atoms. The smallest absolute Gasteiger partial charge is 0.142 e. The Morgan fingerprint density at radius 1 is 1.56 bits per heavy atom. The highest BCUT2D eigenvalue weighted by molar-refractivity contribution is 6.17. The highest BCUT2D eigenvalue weighted by Gasteiger charge is 2.16. The van der Waals surface area contributed by atoms with Gasteiger partial charge in [0.15, 0.2) is 0 Å². The number of anilines is 1. The van der Waals surface area contributed by atoms with E-state index in [1.54, 1.807) is 0 Å². The van der Waals surface area contributed by atoms with Crippen molar-refractivity contribution in [2.75, 3.05) is 24.3 Å². The van der Waals surface area contributed by atoms with Crippen molar-refractivity contribution < 1.29 is 4.74 Å². The third kappa shape index (κ3) is 3.50. The van der Waals surface area contributed by atoms with Crippen LogP contribution >= 0.6 is 11.6 Å². The van der Waals surface area contributed by atoms with E-state index in [1.807, 2.05) is 12.1 Å². The van der Waals surface area contributed by atoms with Gasteiger partial charge in [-0.1, -0.05) is 6.92 Å². The molecule has 0 unspecified atom stereocenters. The van der Waals surface area contributed by atoms with Gasteiger partial charge in [0, 0.05) is 25.5 Å². The number of rotatable bonds is 5. The Morgan fingerprint density at radius 2 is 2.44 bits per heavy atom. The van der Waals surface area contributed by atoms with Crippen molar-refractivity contribution in [1.82, 2.24) is 10.3 Å². The minimum Gasteiger partial charge on any atom is -0.487 e. The molecule has 5 heteroatoms. The van der Waals surface area contributed by atoms with Gasteiger partial charge >= 0.3 is 0 Å². The van der Waals surface area contributed by atoms with Crippen molar-refractivity contribution in [3.05, 3.63) is 17.8 Å². The minimum atomic E-state index is 0.239. The lowest BCUT2D eigenvalue weighted by Gasteiger charge is -2.15. The fourth-order valence-corrected chi connectivity index (χ4v) is 2.04. The summed E-state index contributed by atoms with van der Waals surface area (Å²) in [4.78, 5) is 4.57. The van der Waals surface area contributed by atoms with E-state index in [2.05, 4.69) is 22.5 Å². The van der Waals surface area contributed by atoms with Crippen LogP contribution in [0.3, 0.4) is 0 Å². The van der Waals surface area contributed by atoms with E-state index in [9.17, 15) is 0 Å². The lowest BCUT2D eigenvalue weighted by molar-refractivity contribution is 0.201. The number of ether oxygens (including phenoxy) is 1.